The van der Waals surface area contributed by atoms with Crippen molar-refractivity contribution in [1.29, 1.82) is 0 Å². The number of carbonyl (C=O) groups is 1. The summed E-state index contributed by atoms with van der Waals surface area (Å²) >= 11 is 0. The number of hydrogen-bond donors (Lipinski definition) is 1. The van der Waals surface area contributed by atoms with Gasteiger partial charge in [-0.25, -0.2) is 4.98 Å². The van der Waals surface area contributed by atoms with E-state index in [1.54, 1.807) is 18.3 Å². The van der Waals surface area contributed by atoms with Crippen molar-refractivity contribution >= 4 is 12.1 Å². The van der Waals surface area contributed by atoms with Crippen LogP contribution in [0.15, 0.2) is 36.5 Å². The van der Waals surface area contributed by atoms with Crippen molar-refractivity contribution in [2.75, 3.05) is 38.2 Å². The van der Waals surface area contributed by atoms with Crippen molar-refractivity contribution in [1.82, 2.24) is 9.88 Å². The van der Waals surface area contributed by atoms with E-state index in [0.29, 0.717) is 23.4 Å². The smallest absolute Gasteiger partial charge is 0.162 e. The van der Waals surface area contributed by atoms with Crippen LogP contribution < -0.4 is 9.64 Å². The zero-order chi connectivity index (χ0) is 16.9. The number of methoxy groups -OCH3 is 1. The first-order chi connectivity index (χ1) is 11.7. The van der Waals surface area contributed by atoms with Gasteiger partial charge in [0.15, 0.2) is 11.5 Å². The van der Waals surface area contributed by atoms with E-state index in [4.69, 9.17) is 4.74 Å². The van der Waals surface area contributed by atoms with Crippen LogP contribution in [-0.4, -0.2) is 54.6 Å². The highest BCUT2D eigenvalue weighted by Crippen LogP contribution is 2.32. The van der Waals surface area contributed by atoms with Crippen molar-refractivity contribution in [2.24, 2.45) is 0 Å². The SMILES string of the molecule is COc1cc(C=O)cc(CN2CCN(c3ccccn3)CC2)c1O. The van der Waals surface area contributed by atoms with Crippen LogP contribution in [0.25, 0.3) is 0 Å². The molecule has 6 heteroatoms. The minimum atomic E-state index is 0.107. The summed E-state index contributed by atoms with van der Waals surface area (Å²) < 4.78 is 5.15. The Morgan fingerprint density at radius 3 is 2.67 bits per heavy atom. The van der Waals surface area contributed by atoms with Crippen molar-refractivity contribution in [3.8, 4) is 11.5 Å². The maximum atomic E-state index is 11.1. The maximum absolute atomic E-state index is 11.1. The van der Waals surface area contributed by atoms with Crippen molar-refractivity contribution in [3.05, 3.63) is 47.7 Å². The van der Waals surface area contributed by atoms with Crippen molar-refractivity contribution < 1.29 is 14.6 Å². The van der Waals surface area contributed by atoms with Gasteiger partial charge in [0.2, 0.25) is 0 Å². The molecule has 0 saturated carbocycles. The summed E-state index contributed by atoms with van der Waals surface area (Å²) in [6, 6.07) is 9.18. The van der Waals surface area contributed by atoms with E-state index in [9.17, 15) is 9.90 Å². The lowest BCUT2D eigenvalue weighted by Crippen LogP contribution is -2.46. The lowest BCUT2D eigenvalue weighted by atomic mass is 10.1. The number of hydrogen-bond acceptors (Lipinski definition) is 6. The highest BCUT2D eigenvalue weighted by atomic mass is 16.5. The Hall–Kier alpha value is -2.60. The Morgan fingerprint density at radius 2 is 2.04 bits per heavy atom. The highest BCUT2D eigenvalue weighted by molar-refractivity contribution is 5.77. The number of aldehydes is 1. The molecule has 126 valence electrons. The molecule has 0 bridgehead atoms. The molecule has 1 aromatic carbocycles. The first kappa shape index (κ1) is 16.3. The normalized spacial score (nSPS) is 15.3. The Labute approximate surface area is 141 Å². The fourth-order valence-electron chi connectivity index (χ4n) is 2.95. The van der Waals surface area contributed by atoms with E-state index in [0.717, 1.165) is 38.3 Å². The first-order valence-corrected chi connectivity index (χ1v) is 7.94. The maximum Gasteiger partial charge on any atom is 0.162 e. The van der Waals surface area contributed by atoms with E-state index in [2.05, 4.69) is 14.8 Å². The number of anilines is 1. The second-order valence-corrected chi connectivity index (χ2v) is 5.80. The molecule has 0 amide bonds. The number of nitrogens with zero attached hydrogens (tertiary/aromatic N) is 3. The number of ether oxygens (including phenoxy) is 1. The van der Waals surface area contributed by atoms with Gasteiger partial charge in [-0.05, 0) is 24.3 Å². The molecule has 1 N–H and O–H groups in total. The predicted molar refractivity (Wildman–Crippen MR) is 91.8 cm³/mol. The molecule has 0 spiro atoms. The number of aromatic nitrogens is 1. The molecule has 24 heavy (non-hydrogen) atoms. The lowest BCUT2D eigenvalue weighted by molar-refractivity contribution is 0.112. The fourth-order valence-corrected chi connectivity index (χ4v) is 2.95. The summed E-state index contributed by atoms with van der Waals surface area (Å²) in [7, 11) is 1.49. The largest absolute Gasteiger partial charge is 0.504 e. The highest BCUT2D eigenvalue weighted by Gasteiger charge is 2.20. The van der Waals surface area contributed by atoms with Crippen LogP contribution in [0.2, 0.25) is 0 Å². The lowest BCUT2D eigenvalue weighted by Gasteiger charge is -2.35. The number of phenols is 1. The Kier molecular flexibility index (Phi) is 4.96. The zero-order valence-electron chi connectivity index (χ0n) is 13.7. The van der Waals surface area contributed by atoms with Gasteiger partial charge in [-0.1, -0.05) is 6.07 Å². The minimum Gasteiger partial charge on any atom is -0.504 e. The van der Waals surface area contributed by atoms with Crippen LogP contribution in [0.1, 0.15) is 15.9 Å². The topological polar surface area (TPSA) is 65.9 Å². The predicted octanol–water partition coefficient (Wildman–Crippen LogP) is 1.93. The quantitative estimate of drug-likeness (QED) is 0.847. The van der Waals surface area contributed by atoms with Gasteiger partial charge in [0.1, 0.15) is 12.1 Å². The molecule has 0 unspecified atom stereocenters. The van der Waals surface area contributed by atoms with Crippen LogP contribution in [0.4, 0.5) is 5.82 Å². The summed E-state index contributed by atoms with van der Waals surface area (Å²) in [6.07, 6.45) is 2.57. The molecular weight excluding hydrogens is 306 g/mol. The van der Waals surface area contributed by atoms with Crippen LogP contribution >= 0.6 is 0 Å². The molecule has 1 fully saturated rings. The summed E-state index contributed by atoms with van der Waals surface area (Å²) in [4.78, 5) is 20.0. The number of piperazine rings is 1. The number of phenolic OH excluding ortho intramolecular Hbond substituents is 1. The van der Waals surface area contributed by atoms with E-state index in [-0.39, 0.29) is 5.75 Å². The van der Waals surface area contributed by atoms with Crippen LogP contribution in [0.3, 0.4) is 0 Å². The van der Waals surface area contributed by atoms with E-state index in [1.807, 2.05) is 18.2 Å². The van der Waals surface area contributed by atoms with Gasteiger partial charge in [-0.15, -0.1) is 0 Å². The number of carbonyl (C=O) groups excluding carboxylic acids is 1. The number of aromatic hydroxyl groups is 1. The van der Waals surface area contributed by atoms with Crippen LogP contribution in [-0.2, 0) is 6.54 Å². The van der Waals surface area contributed by atoms with Crippen LogP contribution in [0, 0.1) is 0 Å². The van der Waals surface area contributed by atoms with Gasteiger partial charge in [0, 0.05) is 50.0 Å². The summed E-state index contributed by atoms with van der Waals surface area (Å²) in [5, 5.41) is 10.3. The number of rotatable bonds is 5. The molecule has 2 aromatic rings. The molecule has 1 saturated heterocycles. The van der Waals surface area contributed by atoms with Gasteiger partial charge >= 0.3 is 0 Å². The Bertz CT molecular complexity index is 698. The third-order valence-corrected chi connectivity index (χ3v) is 4.27. The van der Waals surface area contributed by atoms with E-state index >= 15 is 0 Å². The fraction of sp³-hybridized carbons (Fsp3) is 0.333. The van der Waals surface area contributed by atoms with Crippen LogP contribution in [0.5, 0.6) is 11.5 Å². The average Bonchev–Trinajstić information content (AvgIpc) is 2.64. The van der Waals surface area contributed by atoms with Gasteiger partial charge in [0.25, 0.3) is 0 Å². The summed E-state index contributed by atoms with van der Waals surface area (Å²) in [5.41, 5.74) is 1.22. The van der Waals surface area contributed by atoms with Crippen molar-refractivity contribution in [2.45, 2.75) is 6.54 Å². The Morgan fingerprint density at radius 1 is 1.25 bits per heavy atom. The molecule has 0 aliphatic carbocycles. The Balaban J connectivity index is 1.67. The summed E-state index contributed by atoms with van der Waals surface area (Å²) in [5.74, 6) is 1.43. The second kappa shape index (κ2) is 7.31. The third kappa shape index (κ3) is 3.49. The van der Waals surface area contributed by atoms with Gasteiger partial charge < -0.3 is 14.7 Å². The molecule has 0 radical (unpaired) electrons. The van der Waals surface area contributed by atoms with E-state index in [1.165, 1.54) is 7.11 Å². The summed E-state index contributed by atoms with van der Waals surface area (Å²) in [6.45, 7) is 4.07. The van der Waals surface area contributed by atoms with Gasteiger partial charge in [-0.2, -0.15) is 0 Å². The van der Waals surface area contributed by atoms with E-state index < -0.39 is 0 Å². The molecule has 0 atom stereocenters. The molecular formula is C18H21N3O3. The zero-order valence-corrected chi connectivity index (χ0v) is 13.7. The van der Waals surface area contributed by atoms with Crippen molar-refractivity contribution in [3.63, 3.8) is 0 Å². The third-order valence-electron chi connectivity index (χ3n) is 4.27. The second-order valence-electron chi connectivity index (χ2n) is 5.80. The minimum absolute atomic E-state index is 0.107. The van der Waals surface area contributed by atoms with Gasteiger partial charge in [-0.3, -0.25) is 9.69 Å². The standard InChI is InChI=1S/C18H21N3O3/c1-24-16-11-14(13-22)10-15(18(16)23)12-20-6-8-21(9-7-20)17-4-2-3-5-19-17/h2-5,10-11,13,23H,6-9,12H2,1H3. The average molecular weight is 327 g/mol. The molecule has 1 aromatic heterocycles. The monoisotopic (exact) mass is 327 g/mol. The molecule has 6 nitrogen and oxygen atoms in total. The first-order valence-electron chi connectivity index (χ1n) is 7.94. The van der Waals surface area contributed by atoms with Gasteiger partial charge in [0.05, 0.1) is 7.11 Å². The molecule has 1 aliphatic heterocycles. The molecule has 1 aliphatic rings. The number of benzene rings is 1. The molecule has 2 heterocycles. The molecule has 3 rings (SSSR count). The number of pyridine rings is 1.